The Bertz CT molecular complexity index is 952. The lowest BCUT2D eigenvalue weighted by atomic mass is 10.2. The van der Waals surface area contributed by atoms with Gasteiger partial charge >= 0.3 is 0 Å². The van der Waals surface area contributed by atoms with Crippen molar-refractivity contribution >= 4 is 9.84 Å². The maximum absolute atomic E-state index is 12.5. The van der Waals surface area contributed by atoms with Gasteiger partial charge in [-0.05, 0) is 35.4 Å². The summed E-state index contributed by atoms with van der Waals surface area (Å²) in [6, 6.07) is 23.5. The van der Waals surface area contributed by atoms with E-state index in [4.69, 9.17) is 9.47 Å². The standard InChI is InChI=1S/C21H20O4S/c1-24-21-14-18(16-26(22,23)19-10-6-3-7-11-19)12-13-20(21)25-15-17-8-4-2-5-9-17/h2-14H,15-16H2,1H3. The van der Waals surface area contributed by atoms with E-state index in [9.17, 15) is 8.42 Å². The van der Waals surface area contributed by atoms with Crippen molar-refractivity contribution in [3.05, 3.63) is 90.0 Å². The van der Waals surface area contributed by atoms with Crippen LogP contribution >= 0.6 is 0 Å². The van der Waals surface area contributed by atoms with Crippen LogP contribution in [0.25, 0.3) is 0 Å². The summed E-state index contributed by atoms with van der Waals surface area (Å²) in [5.74, 6) is 1.01. The minimum Gasteiger partial charge on any atom is -0.493 e. The first-order chi connectivity index (χ1) is 12.6. The van der Waals surface area contributed by atoms with Gasteiger partial charge in [-0.1, -0.05) is 54.6 Å². The molecule has 0 N–H and O–H groups in total. The molecule has 0 aliphatic carbocycles. The van der Waals surface area contributed by atoms with Crippen molar-refractivity contribution in [1.29, 1.82) is 0 Å². The molecule has 0 radical (unpaired) electrons. The Morgan fingerprint density at radius 3 is 2.08 bits per heavy atom. The molecule has 3 aromatic rings. The molecule has 0 aromatic heterocycles. The van der Waals surface area contributed by atoms with Gasteiger partial charge in [0.05, 0.1) is 17.8 Å². The second kappa shape index (κ2) is 8.06. The third-order valence-corrected chi connectivity index (χ3v) is 5.63. The Balaban J connectivity index is 1.76. The number of hydrogen-bond donors (Lipinski definition) is 0. The quantitative estimate of drug-likeness (QED) is 0.626. The molecule has 0 aliphatic rings. The fraction of sp³-hybridized carbons (Fsp3) is 0.143. The van der Waals surface area contributed by atoms with Gasteiger partial charge in [-0.2, -0.15) is 0 Å². The zero-order chi connectivity index (χ0) is 18.4. The van der Waals surface area contributed by atoms with Gasteiger partial charge in [0.15, 0.2) is 21.3 Å². The van der Waals surface area contributed by atoms with Gasteiger partial charge < -0.3 is 9.47 Å². The number of methoxy groups -OCH3 is 1. The van der Waals surface area contributed by atoms with Crippen LogP contribution in [-0.4, -0.2) is 15.5 Å². The third kappa shape index (κ3) is 4.43. The average Bonchev–Trinajstić information content (AvgIpc) is 2.68. The summed E-state index contributed by atoms with van der Waals surface area (Å²) in [7, 11) is -1.86. The molecule has 5 heteroatoms. The second-order valence-electron chi connectivity index (χ2n) is 5.83. The highest BCUT2D eigenvalue weighted by molar-refractivity contribution is 7.90. The zero-order valence-electron chi connectivity index (χ0n) is 14.5. The van der Waals surface area contributed by atoms with E-state index in [-0.39, 0.29) is 5.75 Å². The zero-order valence-corrected chi connectivity index (χ0v) is 15.3. The first kappa shape index (κ1) is 18.0. The maximum Gasteiger partial charge on any atom is 0.182 e. The van der Waals surface area contributed by atoms with Crippen LogP contribution in [0.1, 0.15) is 11.1 Å². The number of rotatable bonds is 7. The summed E-state index contributed by atoms with van der Waals surface area (Å²) in [5, 5.41) is 0. The molecule has 0 unspecified atom stereocenters. The lowest BCUT2D eigenvalue weighted by molar-refractivity contribution is 0.284. The predicted octanol–water partition coefficient (Wildman–Crippen LogP) is 4.25. The van der Waals surface area contributed by atoms with Crippen LogP contribution in [0.15, 0.2) is 83.8 Å². The number of ether oxygens (including phenoxy) is 2. The highest BCUT2D eigenvalue weighted by Gasteiger charge is 2.16. The van der Waals surface area contributed by atoms with E-state index in [2.05, 4.69) is 0 Å². The maximum atomic E-state index is 12.5. The van der Waals surface area contributed by atoms with Crippen molar-refractivity contribution in [2.24, 2.45) is 0 Å². The summed E-state index contributed by atoms with van der Waals surface area (Å²) in [5.41, 5.74) is 1.70. The molecule has 0 heterocycles. The van der Waals surface area contributed by atoms with Gasteiger partial charge in [-0.25, -0.2) is 8.42 Å². The van der Waals surface area contributed by atoms with E-state index in [0.29, 0.717) is 28.6 Å². The molecule has 0 saturated heterocycles. The molecule has 3 aromatic carbocycles. The van der Waals surface area contributed by atoms with E-state index in [1.54, 1.807) is 55.6 Å². The van der Waals surface area contributed by atoms with Crippen molar-refractivity contribution in [2.45, 2.75) is 17.3 Å². The predicted molar refractivity (Wildman–Crippen MR) is 101 cm³/mol. The van der Waals surface area contributed by atoms with Crippen LogP contribution in [0.3, 0.4) is 0 Å². The van der Waals surface area contributed by atoms with Crippen LogP contribution in [-0.2, 0) is 22.2 Å². The number of hydrogen-bond acceptors (Lipinski definition) is 4. The molecule has 0 amide bonds. The Hall–Kier alpha value is -2.79. The van der Waals surface area contributed by atoms with Gasteiger partial charge in [-0.15, -0.1) is 0 Å². The van der Waals surface area contributed by atoms with Crippen LogP contribution in [0.2, 0.25) is 0 Å². The molecule has 0 aliphatic heterocycles. The van der Waals surface area contributed by atoms with E-state index in [1.165, 1.54) is 0 Å². The molecule has 3 rings (SSSR count). The van der Waals surface area contributed by atoms with Crippen LogP contribution in [0, 0.1) is 0 Å². The minimum absolute atomic E-state index is 0.0909. The first-order valence-electron chi connectivity index (χ1n) is 8.20. The largest absolute Gasteiger partial charge is 0.493 e. The summed E-state index contributed by atoms with van der Waals surface area (Å²) < 4.78 is 36.2. The molecule has 0 saturated carbocycles. The van der Waals surface area contributed by atoms with Crippen molar-refractivity contribution in [1.82, 2.24) is 0 Å². The van der Waals surface area contributed by atoms with Gasteiger partial charge in [0.2, 0.25) is 0 Å². The Kier molecular flexibility index (Phi) is 5.58. The molecule has 4 nitrogen and oxygen atoms in total. The molecule has 0 bridgehead atoms. The molecule has 0 spiro atoms. The highest BCUT2D eigenvalue weighted by Crippen LogP contribution is 2.30. The summed E-state index contributed by atoms with van der Waals surface area (Å²) in [6.45, 7) is 0.416. The Labute approximate surface area is 153 Å². The topological polar surface area (TPSA) is 52.6 Å². The summed E-state index contributed by atoms with van der Waals surface area (Å²) >= 11 is 0. The van der Waals surface area contributed by atoms with E-state index in [0.717, 1.165) is 5.56 Å². The van der Waals surface area contributed by atoms with E-state index >= 15 is 0 Å². The lowest BCUT2D eigenvalue weighted by Crippen LogP contribution is -2.05. The van der Waals surface area contributed by atoms with Gasteiger partial charge in [0.25, 0.3) is 0 Å². The molecule has 26 heavy (non-hydrogen) atoms. The second-order valence-corrected chi connectivity index (χ2v) is 7.82. The van der Waals surface area contributed by atoms with Crippen molar-refractivity contribution in [3.63, 3.8) is 0 Å². The van der Waals surface area contributed by atoms with Gasteiger partial charge in [0, 0.05) is 0 Å². The molecule has 0 fully saturated rings. The fourth-order valence-electron chi connectivity index (χ4n) is 2.59. The highest BCUT2D eigenvalue weighted by atomic mass is 32.2. The molecular formula is C21H20O4S. The normalized spacial score (nSPS) is 11.1. The van der Waals surface area contributed by atoms with Crippen LogP contribution < -0.4 is 9.47 Å². The average molecular weight is 368 g/mol. The number of benzene rings is 3. The minimum atomic E-state index is -3.40. The Morgan fingerprint density at radius 2 is 1.42 bits per heavy atom. The van der Waals surface area contributed by atoms with Crippen LogP contribution in [0.4, 0.5) is 0 Å². The molecule has 0 atom stereocenters. The van der Waals surface area contributed by atoms with E-state index < -0.39 is 9.84 Å². The smallest absolute Gasteiger partial charge is 0.182 e. The fourth-order valence-corrected chi connectivity index (χ4v) is 3.94. The third-order valence-electron chi connectivity index (χ3n) is 3.92. The number of sulfone groups is 1. The Morgan fingerprint density at radius 1 is 0.769 bits per heavy atom. The molecular weight excluding hydrogens is 348 g/mol. The van der Waals surface area contributed by atoms with Crippen molar-refractivity contribution in [2.75, 3.05) is 7.11 Å². The van der Waals surface area contributed by atoms with E-state index in [1.807, 2.05) is 30.3 Å². The van der Waals surface area contributed by atoms with Crippen molar-refractivity contribution in [3.8, 4) is 11.5 Å². The van der Waals surface area contributed by atoms with Crippen LogP contribution in [0.5, 0.6) is 11.5 Å². The van der Waals surface area contributed by atoms with Gasteiger partial charge in [0.1, 0.15) is 6.61 Å². The summed E-state index contributed by atoms with van der Waals surface area (Å²) in [4.78, 5) is 0.309. The molecule has 134 valence electrons. The lowest BCUT2D eigenvalue weighted by Gasteiger charge is -2.12. The first-order valence-corrected chi connectivity index (χ1v) is 9.85. The SMILES string of the molecule is COc1cc(CS(=O)(=O)c2ccccc2)ccc1OCc1ccccc1. The van der Waals surface area contributed by atoms with Crippen molar-refractivity contribution < 1.29 is 17.9 Å². The summed E-state index contributed by atoms with van der Waals surface area (Å²) in [6.07, 6.45) is 0. The van der Waals surface area contributed by atoms with Gasteiger partial charge in [-0.3, -0.25) is 0 Å². The monoisotopic (exact) mass is 368 g/mol.